The van der Waals surface area contributed by atoms with E-state index in [4.69, 9.17) is 11.6 Å². The fourth-order valence-corrected chi connectivity index (χ4v) is 1.85. The first-order valence-corrected chi connectivity index (χ1v) is 5.67. The fourth-order valence-electron chi connectivity index (χ4n) is 1.74. The van der Waals surface area contributed by atoms with Crippen molar-refractivity contribution in [1.82, 2.24) is 0 Å². The number of rotatable bonds is 4. The second-order valence-corrected chi connectivity index (χ2v) is 7.15. The summed E-state index contributed by atoms with van der Waals surface area (Å²) >= 11 is 6.15. The maximum absolute atomic E-state index is 6.15. The molecule has 0 saturated heterocycles. The van der Waals surface area contributed by atoms with E-state index in [1.54, 1.807) is 0 Å². The van der Waals surface area contributed by atoms with Crippen molar-refractivity contribution >= 4 is 11.6 Å². The third-order valence-corrected chi connectivity index (χ3v) is 2.38. The summed E-state index contributed by atoms with van der Waals surface area (Å²) in [5.74, 6) is 0.790. The summed E-state index contributed by atoms with van der Waals surface area (Å²) in [5, 5.41) is 0. The van der Waals surface area contributed by atoms with Crippen molar-refractivity contribution in [3.05, 3.63) is 0 Å². The monoisotopic (exact) mass is 204 g/mol. The Kier molecular flexibility index (Phi) is 4.79. The second kappa shape index (κ2) is 4.68. The van der Waals surface area contributed by atoms with E-state index >= 15 is 0 Å². The molecular formula is C12H25Cl. The van der Waals surface area contributed by atoms with E-state index < -0.39 is 0 Å². The molecule has 0 heterocycles. The van der Waals surface area contributed by atoms with Crippen LogP contribution in [0.25, 0.3) is 0 Å². The summed E-state index contributed by atoms with van der Waals surface area (Å²) < 4.78 is 0. The Labute approximate surface area is 89.1 Å². The zero-order valence-electron chi connectivity index (χ0n) is 10.1. The average Bonchev–Trinajstić information content (AvgIpc) is 1.78. The molecule has 0 fully saturated rings. The topological polar surface area (TPSA) is 0 Å². The Morgan fingerprint density at radius 3 is 1.85 bits per heavy atom. The first kappa shape index (κ1) is 13.3. The van der Waals surface area contributed by atoms with Gasteiger partial charge in [-0.25, -0.2) is 0 Å². The molecule has 0 bridgehead atoms. The van der Waals surface area contributed by atoms with Crippen LogP contribution in [0.2, 0.25) is 0 Å². The van der Waals surface area contributed by atoms with Crippen molar-refractivity contribution in [2.45, 2.75) is 65.7 Å². The average molecular weight is 205 g/mol. The van der Waals surface area contributed by atoms with Crippen LogP contribution in [0, 0.1) is 11.3 Å². The van der Waals surface area contributed by atoms with Gasteiger partial charge in [-0.1, -0.05) is 27.7 Å². The van der Waals surface area contributed by atoms with Crippen LogP contribution in [-0.2, 0) is 0 Å². The smallest absolute Gasteiger partial charge is 0.0390 e. The molecule has 0 nitrogen and oxygen atoms in total. The maximum Gasteiger partial charge on any atom is 0.0390 e. The van der Waals surface area contributed by atoms with Crippen molar-refractivity contribution in [3.63, 3.8) is 0 Å². The molecule has 0 amide bonds. The highest BCUT2D eigenvalue weighted by Crippen LogP contribution is 2.29. The fraction of sp³-hybridized carbons (Fsp3) is 1.00. The molecule has 0 aliphatic heterocycles. The van der Waals surface area contributed by atoms with Crippen LogP contribution in [0.1, 0.15) is 60.8 Å². The first-order chi connectivity index (χ1) is 5.60. The standard InChI is InChI=1S/C12H25Cl/c1-10(9-11(2,3)4)7-8-12(5,6)13/h10H,7-9H2,1-6H3. The summed E-state index contributed by atoms with van der Waals surface area (Å²) in [6, 6.07) is 0. The summed E-state index contributed by atoms with van der Waals surface area (Å²) in [7, 11) is 0. The first-order valence-electron chi connectivity index (χ1n) is 5.29. The highest BCUT2D eigenvalue weighted by atomic mass is 35.5. The number of hydrogen-bond acceptors (Lipinski definition) is 0. The Hall–Kier alpha value is 0.290. The predicted octanol–water partition coefficient (Wildman–Crippen LogP) is 4.86. The molecular weight excluding hydrogens is 180 g/mol. The van der Waals surface area contributed by atoms with Gasteiger partial charge < -0.3 is 0 Å². The van der Waals surface area contributed by atoms with E-state index in [0.29, 0.717) is 5.41 Å². The summed E-state index contributed by atoms with van der Waals surface area (Å²) in [6.45, 7) is 13.4. The van der Waals surface area contributed by atoms with Gasteiger partial charge in [0, 0.05) is 4.87 Å². The van der Waals surface area contributed by atoms with Crippen molar-refractivity contribution in [3.8, 4) is 0 Å². The number of halogens is 1. The van der Waals surface area contributed by atoms with E-state index in [0.717, 1.165) is 12.3 Å². The van der Waals surface area contributed by atoms with Crippen molar-refractivity contribution < 1.29 is 0 Å². The molecule has 0 aromatic carbocycles. The normalized spacial score (nSPS) is 15.9. The quantitative estimate of drug-likeness (QED) is 0.574. The van der Waals surface area contributed by atoms with Crippen LogP contribution in [0.15, 0.2) is 0 Å². The third-order valence-electron chi connectivity index (χ3n) is 2.19. The minimum Gasteiger partial charge on any atom is -0.120 e. The molecule has 0 spiro atoms. The molecule has 1 heteroatoms. The highest BCUT2D eigenvalue weighted by Gasteiger charge is 2.18. The van der Waals surface area contributed by atoms with Crippen LogP contribution in [0.4, 0.5) is 0 Å². The van der Waals surface area contributed by atoms with Crippen molar-refractivity contribution in [2.24, 2.45) is 11.3 Å². The number of alkyl halides is 1. The zero-order valence-corrected chi connectivity index (χ0v) is 10.8. The van der Waals surface area contributed by atoms with Gasteiger partial charge >= 0.3 is 0 Å². The molecule has 0 aliphatic carbocycles. The molecule has 13 heavy (non-hydrogen) atoms. The zero-order chi connectivity index (χ0) is 10.7. The van der Waals surface area contributed by atoms with E-state index in [1.807, 2.05) is 0 Å². The van der Waals surface area contributed by atoms with Gasteiger partial charge in [-0.15, -0.1) is 11.6 Å². The van der Waals surface area contributed by atoms with Crippen molar-refractivity contribution in [2.75, 3.05) is 0 Å². The van der Waals surface area contributed by atoms with E-state index in [9.17, 15) is 0 Å². The molecule has 0 rings (SSSR count). The lowest BCUT2D eigenvalue weighted by molar-refractivity contribution is 0.288. The molecule has 1 unspecified atom stereocenters. The lowest BCUT2D eigenvalue weighted by atomic mass is 9.83. The Bertz CT molecular complexity index is 136. The van der Waals surface area contributed by atoms with Crippen LogP contribution in [-0.4, -0.2) is 4.87 Å². The summed E-state index contributed by atoms with van der Waals surface area (Å²) in [6.07, 6.45) is 3.65. The van der Waals surface area contributed by atoms with Crippen LogP contribution in [0.3, 0.4) is 0 Å². The molecule has 1 atom stereocenters. The molecule has 0 saturated carbocycles. The Balaban J connectivity index is 3.70. The lowest BCUT2D eigenvalue weighted by Gasteiger charge is -2.25. The Morgan fingerprint density at radius 1 is 1.08 bits per heavy atom. The lowest BCUT2D eigenvalue weighted by Crippen LogP contribution is -2.15. The van der Waals surface area contributed by atoms with Crippen LogP contribution < -0.4 is 0 Å². The summed E-state index contributed by atoms with van der Waals surface area (Å²) in [5.41, 5.74) is 0.454. The van der Waals surface area contributed by atoms with Crippen LogP contribution in [0.5, 0.6) is 0 Å². The molecule has 80 valence electrons. The molecule has 0 N–H and O–H groups in total. The summed E-state index contributed by atoms with van der Waals surface area (Å²) in [4.78, 5) is -0.0217. The van der Waals surface area contributed by atoms with Gasteiger partial charge in [0.05, 0.1) is 0 Å². The van der Waals surface area contributed by atoms with Gasteiger partial charge in [-0.2, -0.15) is 0 Å². The SMILES string of the molecule is CC(CCC(C)(C)Cl)CC(C)(C)C. The predicted molar refractivity (Wildman–Crippen MR) is 62.4 cm³/mol. The van der Waals surface area contributed by atoms with Gasteiger partial charge in [-0.3, -0.25) is 0 Å². The molecule has 0 aromatic rings. The maximum atomic E-state index is 6.15. The second-order valence-electron chi connectivity index (χ2n) is 6.13. The largest absolute Gasteiger partial charge is 0.120 e. The molecule has 0 aliphatic rings. The third kappa shape index (κ3) is 10.2. The van der Waals surface area contributed by atoms with Crippen LogP contribution >= 0.6 is 11.6 Å². The highest BCUT2D eigenvalue weighted by molar-refractivity contribution is 6.23. The molecule has 0 aromatic heterocycles. The van der Waals surface area contributed by atoms with Gasteiger partial charge in [0.25, 0.3) is 0 Å². The minimum atomic E-state index is -0.0217. The Morgan fingerprint density at radius 2 is 1.54 bits per heavy atom. The van der Waals surface area contributed by atoms with E-state index in [1.165, 1.54) is 12.8 Å². The molecule has 0 radical (unpaired) electrons. The van der Waals surface area contributed by atoms with Gasteiger partial charge in [0.2, 0.25) is 0 Å². The van der Waals surface area contributed by atoms with E-state index in [-0.39, 0.29) is 4.87 Å². The van der Waals surface area contributed by atoms with Gasteiger partial charge in [0.15, 0.2) is 0 Å². The number of hydrogen-bond donors (Lipinski definition) is 0. The van der Waals surface area contributed by atoms with Gasteiger partial charge in [0.1, 0.15) is 0 Å². The van der Waals surface area contributed by atoms with Gasteiger partial charge in [-0.05, 0) is 44.4 Å². The van der Waals surface area contributed by atoms with E-state index in [2.05, 4.69) is 41.5 Å². The van der Waals surface area contributed by atoms with Crippen molar-refractivity contribution in [1.29, 1.82) is 0 Å². The minimum absolute atomic E-state index is 0.0217.